The van der Waals surface area contributed by atoms with Crippen molar-refractivity contribution in [2.45, 2.75) is 33.5 Å². The molecule has 4 rings (SSSR count). The van der Waals surface area contributed by atoms with E-state index in [0.29, 0.717) is 25.2 Å². The van der Waals surface area contributed by atoms with Crippen LogP contribution >= 0.6 is 0 Å². The first-order valence-corrected chi connectivity index (χ1v) is 8.25. The minimum absolute atomic E-state index is 0.0319. The maximum Gasteiger partial charge on any atom is 0.254 e. The van der Waals surface area contributed by atoms with Crippen molar-refractivity contribution < 1.29 is 9.90 Å². The number of carbonyl (C=O) groups is 1. The van der Waals surface area contributed by atoms with Gasteiger partial charge in [0.2, 0.25) is 0 Å². The molecule has 2 aromatic heterocycles. The lowest BCUT2D eigenvalue weighted by molar-refractivity contribution is 0.0748. The van der Waals surface area contributed by atoms with E-state index in [0.717, 1.165) is 33.7 Å². The normalized spacial score (nSPS) is 13.5. The molecule has 1 aromatic carbocycles. The van der Waals surface area contributed by atoms with Crippen molar-refractivity contribution >= 4 is 16.9 Å². The van der Waals surface area contributed by atoms with Gasteiger partial charge >= 0.3 is 0 Å². The van der Waals surface area contributed by atoms with Crippen LogP contribution in [-0.4, -0.2) is 42.3 Å². The van der Waals surface area contributed by atoms with Crippen LogP contribution in [0.15, 0.2) is 24.4 Å². The van der Waals surface area contributed by atoms with Crippen LogP contribution in [-0.2, 0) is 19.6 Å². The largest absolute Gasteiger partial charge is 0.394 e. The van der Waals surface area contributed by atoms with Crippen LogP contribution in [0, 0.1) is 13.8 Å². The third-order valence-corrected chi connectivity index (χ3v) is 4.66. The first-order chi connectivity index (χ1) is 12.1. The average Bonchev–Trinajstić information content (AvgIpc) is 3.17. The summed E-state index contributed by atoms with van der Waals surface area (Å²) in [6.45, 7) is 5.37. The molecule has 0 radical (unpaired) electrons. The van der Waals surface area contributed by atoms with E-state index >= 15 is 0 Å². The van der Waals surface area contributed by atoms with Gasteiger partial charge in [-0.2, -0.15) is 5.10 Å². The predicted molar refractivity (Wildman–Crippen MR) is 91.9 cm³/mol. The summed E-state index contributed by atoms with van der Waals surface area (Å²) in [5.41, 5.74) is 5.94. The van der Waals surface area contributed by atoms with Gasteiger partial charge in [-0.3, -0.25) is 9.48 Å². The number of nitrogens with zero attached hydrogens (tertiary/aromatic N) is 5. The molecule has 1 amide bonds. The van der Waals surface area contributed by atoms with E-state index in [4.69, 9.17) is 5.11 Å². The molecule has 1 N–H and O–H groups in total. The zero-order valence-corrected chi connectivity index (χ0v) is 14.2. The summed E-state index contributed by atoms with van der Waals surface area (Å²) < 4.78 is 1.76. The summed E-state index contributed by atoms with van der Waals surface area (Å²) >= 11 is 0. The van der Waals surface area contributed by atoms with Gasteiger partial charge in [0, 0.05) is 17.7 Å². The summed E-state index contributed by atoms with van der Waals surface area (Å²) in [5, 5.41) is 13.4. The zero-order chi connectivity index (χ0) is 17.6. The van der Waals surface area contributed by atoms with E-state index in [-0.39, 0.29) is 12.5 Å². The Morgan fingerprint density at radius 1 is 1.16 bits per heavy atom. The Balaban J connectivity index is 1.61. The van der Waals surface area contributed by atoms with Crippen LogP contribution in [0.4, 0.5) is 0 Å². The van der Waals surface area contributed by atoms with Gasteiger partial charge in [-0.15, -0.1) is 0 Å². The van der Waals surface area contributed by atoms with Crippen LogP contribution in [0.3, 0.4) is 0 Å². The van der Waals surface area contributed by atoms with Gasteiger partial charge in [0.15, 0.2) is 0 Å². The molecule has 0 aliphatic carbocycles. The molecule has 0 saturated carbocycles. The van der Waals surface area contributed by atoms with Crippen LogP contribution in [0.1, 0.15) is 33.0 Å². The quantitative estimate of drug-likeness (QED) is 0.785. The highest BCUT2D eigenvalue weighted by molar-refractivity contribution is 5.97. The molecule has 0 unspecified atom stereocenters. The molecule has 0 saturated heterocycles. The number of benzene rings is 1. The van der Waals surface area contributed by atoms with Crippen molar-refractivity contribution in [3.63, 3.8) is 0 Å². The topological polar surface area (TPSA) is 84.1 Å². The number of amides is 1. The van der Waals surface area contributed by atoms with Gasteiger partial charge in [-0.25, -0.2) is 9.97 Å². The van der Waals surface area contributed by atoms with Gasteiger partial charge in [0.25, 0.3) is 5.91 Å². The lowest BCUT2D eigenvalue weighted by Crippen LogP contribution is -2.26. The lowest BCUT2D eigenvalue weighted by atomic mass is 10.1. The molecule has 0 spiro atoms. The summed E-state index contributed by atoms with van der Waals surface area (Å²) in [6, 6.07) is 5.45. The maximum atomic E-state index is 12.9. The Morgan fingerprint density at radius 2 is 1.92 bits per heavy atom. The van der Waals surface area contributed by atoms with Crippen molar-refractivity contribution in [2.24, 2.45) is 0 Å². The predicted octanol–water partition coefficient (Wildman–Crippen LogP) is 1.59. The van der Waals surface area contributed by atoms with E-state index in [1.54, 1.807) is 27.9 Å². The summed E-state index contributed by atoms with van der Waals surface area (Å²) in [5.74, 6) is -0.0336. The third kappa shape index (κ3) is 2.66. The van der Waals surface area contributed by atoms with Crippen molar-refractivity contribution in [3.05, 3.63) is 52.6 Å². The van der Waals surface area contributed by atoms with Crippen molar-refractivity contribution in [2.75, 3.05) is 6.61 Å². The number of fused-ring (bicyclic) bond motifs is 2. The first kappa shape index (κ1) is 15.7. The minimum Gasteiger partial charge on any atom is -0.394 e. The molecule has 1 aliphatic heterocycles. The molecule has 0 atom stereocenters. The Labute approximate surface area is 144 Å². The highest BCUT2D eigenvalue weighted by atomic mass is 16.3. The number of hydrogen-bond acceptors (Lipinski definition) is 5. The second kappa shape index (κ2) is 5.93. The summed E-state index contributed by atoms with van der Waals surface area (Å²) in [4.78, 5) is 23.7. The van der Waals surface area contributed by atoms with E-state index in [1.165, 1.54) is 0 Å². The Hall–Kier alpha value is -2.80. The first-order valence-electron chi connectivity index (χ1n) is 8.25. The number of hydrogen-bond donors (Lipinski definition) is 1. The average molecular weight is 337 g/mol. The van der Waals surface area contributed by atoms with Gasteiger partial charge in [-0.05, 0) is 32.0 Å². The number of aryl methyl sites for hydroxylation is 2. The highest BCUT2D eigenvalue weighted by Gasteiger charge is 2.27. The second-order valence-corrected chi connectivity index (χ2v) is 6.32. The van der Waals surface area contributed by atoms with Crippen LogP contribution in [0.5, 0.6) is 0 Å². The summed E-state index contributed by atoms with van der Waals surface area (Å²) in [7, 11) is 0. The maximum absolute atomic E-state index is 12.9. The van der Waals surface area contributed by atoms with E-state index < -0.39 is 0 Å². The van der Waals surface area contributed by atoms with Gasteiger partial charge in [-0.1, -0.05) is 0 Å². The van der Waals surface area contributed by atoms with Crippen molar-refractivity contribution in [3.8, 4) is 0 Å². The van der Waals surface area contributed by atoms with Gasteiger partial charge < -0.3 is 10.0 Å². The lowest BCUT2D eigenvalue weighted by Gasteiger charge is -2.16. The molecule has 128 valence electrons. The van der Waals surface area contributed by atoms with Crippen LogP contribution < -0.4 is 0 Å². The van der Waals surface area contributed by atoms with Gasteiger partial charge in [0.1, 0.15) is 0 Å². The monoisotopic (exact) mass is 337 g/mol. The smallest absolute Gasteiger partial charge is 0.254 e. The molecule has 1 aliphatic rings. The van der Waals surface area contributed by atoms with E-state index in [2.05, 4.69) is 15.1 Å². The minimum atomic E-state index is -0.0336. The Kier molecular flexibility index (Phi) is 3.73. The summed E-state index contributed by atoms with van der Waals surface area (Å²) in [6.07, 6.45) is 1.77. The fourth-order valence-electron chi connectivity index (χ4n) is 3.18. The van der Waals surface area contributed by atoms with Crippen molar-refractivity contribution in [1.82, 2.24) is 24.6 Å². The molecule has 7 nitrogen and oxygen atoms in total. The molecule has 3 aromatic rings. The molecule has 0 bridgehead atoms. The Morgan fingerprint density at radius 3 is 2.68 bits per heavy atom. The fourth-order valence-corrected chi connectivity index (χ4v) is 3.18. The molecule has 25 heavy (non-hydrogen) atoms. The van der Waals surface area contributed by atoms with Crippen LogP contribution in [0.25, 0.3) is 11.0 Å². The fraction of sp³-hybridized carbons (Fsp3) is 0.333. The SMILES string of the molecule is Cc1nc2ccc(C(=O)N3Cc4cnn(CCO)c4C3)cc2nc1C. The van der Waals surface area contributed by atoms with Crippen LogP contribution in [0.2, 0.25) is 0 Å². The molecular weight excluding hydrogens is 318 g/mol. The Bertz CT molecular complexity index is 979. The number of aromatic nitrogens is 4. The molecule has 0 fully saturated rings. The number of rotatable bonds is 3. The van der Waals surface area contributed by atoms with Crippen molar-refractivity contribution in [1.29, 1.82) is 0 Å². The standard InChI is InChI=1S/C18H19N5O2/c1-11-12(2)21-16-7-13(3-4-15(16)20-11)18(25)22-9-14-8-19-23(5-6-24)17(14)10-22/h3-4,7-8,24H,5-6,9-10H2,1-2H3. The number of aliphatic hydroxyl groups is 1. The third-order valence-electron chi connectivity index (χ3n) is 4.66. The molecule has 7 heteroatoms. The number of carbonyl (C=O) groups excluding carboxylic acids is 1. The molecule has 3 heterocycles. The molecular formula is C18H19N5O2. The highest BCUT2D eigenvalue weighted by Crippen LogP contribution is 2.25. The number of aliphatic hydroxyl groups excluding tert-OH is 1. The van der Waals surface area contributed by atoms with Gasteiger partial charge in [0.05, 0.1) is 54.0 Å². The van der Waals surface area contributed by atoms with E-state index in [1.807, 2.05) is 19.9 Å². The van der Waals surface area contributed by atoms with E-state index in [9.17, 15) is 4.79 Å². The zero-order valence-electron chi connectivity index (χ0n) is 14.2. The second-order valence-electron chi connectivity index (χ2n) is 6.32.